The van der Waals surface area contributed by atoms with Crippen LogP contribution in [-0.2, 0) is 11.2 Å². The zero-order valence-electron chi connectivity index (χ0n) is 10.3. The fourth-order valence-corrected chi connectivity index (χ4v) is 2.66. The van der Waals surface area contributed by atoms with Gasteiger partial charge in [0.25, 0.3) is 0 Å². The van der Waals surface area contributed by atoms with E-state index in [0.717, 1.165) is 6.42 Å². The summed E-state index contributed by atoms with van der Waals surface area (Å²) in [6.45, 7) is 1.21. The van der Waals surface area contributed by atoms with E-state index in [1.807, 2.05) is 11.4 Å². The Morgan fingerprint density at radius 2 is 2.44 bits per heavy atom. The monoisotopic (exact) mass is 267 g/mol. The first-order chi connectivity index (χ1) is 8.65. The van der Waals surface area contributed by atoms with Gasteiger partial charge in [0.2, 0.25) is 5.91 Å². The maximum Gasteiger partial charge on any atom is 0.315 e. The number of rotatable bonds is 4. The Kier molecular flexibility index (Phi) is 4.19. The predicted molar refractivity (Wildman–Crippen MR) is 70.6 cm³/mol. The van der Waals surface area contributed by atoms with Gasteiger partial charge in [0.1, 0.15) is 0 Å². The van der Waals surface area contributed by atoms with Crippen molar-refractivity contribution in [1.82, 2.24) is 15.5 Å². The lowest BCUT2D eigenvalue weighted by atomic mass is 10.2. The number of amides is 3. The van der Waals surface area contributed by atoms with Crippen molar-refractivity contribution in [3.63, 3.8) is 0 Å². The highest BCUT2D eigenvalue weighted by molar-refractivity contribution is 7.09. The zero-order valence-corrected chi connectivity index (χ0v) is 11.1. The maximum atomic E-state index is 11.6. The van der Waals surface area contributed by atoms with E-state index in [9.17, 15) is 9.59 Å². The summed E-state index contributed by atoms with van der Waals surface area (Å²) in [5.41, 5.74) is 0. The number of thiophene rings is 1. The van der Waals surface area contributed by atoms with Crippen LogP contribution in [0.1, 0.15) is 11.3 Å². The molecule has 2 heterocycles. The second kappa shape index (κ2) is 5.86. The van der Waals surface area contributed by atoms with Gasteiger partial charge in [-0.2, -0.15) is 0 Å². The van der Waals surface area contributed by atoms with Crippen molar-refractivity contribution in [3.8, 4) is 0 Å². The normalized spacial score (nSPS) is 19.1. The summed E-state index contributed by atoms with van der Waals surface area (Å²) in [6.07, 6.45) is 1.24. The molecule has 0 radical (unpaired) electrons. The summed E-state index contributed by atoms with van der Waals surface area (Å²) in [5, 5.41) is 7.64. The highest BCUT2D eigenvalue weighted by Crippen LogP contribution is 2.09. The minimum atomic E-state index is -0.195. The van der Waals surface area contributed by atoms with Crippen LogP contribution in [0.4, 0.5) is 4.79 Å². The highest BCUT2D eigenvalue weighted by atomic mass is 32.1. The molecule has 2 rings (SSSR count). The van der Waals surface area contributed by atoms with Crippen LogP contribution in [0.3, 0.4) is 0 Å². The zero-order chi connectivity index (χ0) is 13.0. The molecule has 0 bridgehead atoms. The number of carbonyl (C=O) groups excluding carboxylic acids is 2. The lowest BCUT2D eigenvalue weighted by Crippen LogP contribution is -2.43. The van der Waals surface area contributed by atoms with E-state index in [1.54, 1.807) is 23.3 Å². The smallest absolute Gasteiger partial charge is 0.315 e. The number of carbonyl (C=O) groups is 2. The average Bonchev–Trinajstić information content (AvgIpc) is 2.90. The topological polar surface area (TPSA) is 61.4 Å². The van der Waals surface area contributed by atoms with Crippen molar-refractivity contribution < 1.29 is 9.59 Å². The summed E-state index contributed by atoms with van der Waals surface area (Å²) in [7, 11) is 1.75. The molecule has 1 saturated heterocycles. The molecule has 1 aliphatic heterocycles. The van der Waals surface area contributed by atoms with Gasteiger partial charge in [-0.05, 0) is 17.9 Å². The molecule has 2 N–H and O–H groups in total. The van der Waals surface area contributed by atoms with Gasteiger partial charge in [-0.15, -0.1) is 11.3 Å². The van der Waals surface area contributed by atoms with Gasteiger partial charge >= 0.3 is 6.03 Å². The van der Waals surface area contributed by atoms with Crippen molar-refractivity contribution in [1.29, 1.82) is 0 Å². The van der Waals surface area contributed by atoms with Gasteiger partial charge in [0, 0.05) is 31.4 Å². The molecule has 1 fully saturated rings. The molecule has 0 saturated carbocycles. The molecule has 3 amide bonds. The Bertz CT molecular complexity index is 419. The molecule has 0 aliphatic carbocycles. The van der Waals surface area contributed by atoms with E-state index in [1.165, 1.54) is 4.88 Å². The number of urea groups is 1. The van der Waals surface area contributed by atoms with Crippen LogP contribution >= 0.6 is 11.3 Å². The Morgan fingerprint density at radius 1 is 1.61 bits per heavy atom. The van der Waals surface area contributed by atoms with E-state index in [0.29, 0.717) is 19.5 Å². The summed E-state index contributed by atoms with van der Waals surface area (Å²) < 4.78 is 0. The lowest BCUT2D eigenvalue weighted by Gasteiger charge is -2.13. The standard InChI is InChI=1S/C12H17N3O2S/c1-15-8-9(7-11(15)16)14-12(17)13-5-4-10-3-2-6-18-10/h2-3,6,9H,4-5,7-8H2,1H3,(H2,13,14,17)/t9-/m1/s1. The van der Waals surface area contributed by atoms with Crippen molar-refractivity contribution >= 4 is 23.3 Å². The molecule has 6 heteroatoms. The molecule has 1 aromatic rings. The van der Waals surface area contributed by atoms with Gasteiger partial charge in [-0.25, -0.2) is 4.79 Å². The lowest BCUT2D eigenvalue weighted by molar-refractivity contribution is -0.126. The summed E-state index contributed by atoms with van der Waals surface area (Å²) >= 11 is 1.69. The second-order valence-corrected chi connectivity index (χ2v) is 5.44. The first-order valence-electron chi connectivity index (χ1n) is 5.96. The van der Waals surface area contributed by atoms with Crippen LogP contribution in [0, 0.1) is 0 Å². The molecule has 18 heavy (non-hydrogen) atoms. The van der Waals surface area contributed by atoms with Crippen molar-refractivity contribution in [2.24, 2.45) is 0 Å². The van der Waals surface area contributed by atoms with E-state index in [2.05, 4.69) is 16.7 Å². The quantitative estimate of drug-likeness (QED) is 0.848. The summed E-state index contributed by atoms with van der Waals surface area (Å²) in [6, 6.07) is 3.79. The fourth-order valence-electron chi connectivity index (χ4n) is 1.95. The number of likely N-dealkylation sites (tertiary alicyclic amines) is 1. The molecule has 1 atom stereocenters. The molecule has 0 spiro atoms. The van der Waals surface area contributed by atoms with Gasteiger partial charge < -0.3 is 15.5 Å². The first kappa shape index (κ1) is 12.9. The molecule has 1 aliphatic rings. The molecule has 5 nitrogen and oxygen atoms in total. The third kappa shape index (κ3) is 3.46. The summed E-state index contributed by atoms with van der Waals surface area (Å²) in [4.78, 5) is 25.8. The van der Waals surface area contributed by atoms with Crippen molar-refractivity contribution in [2.45, 2.75) is 18.9 Å². The molecular formula is C12H17N3O2S. The number of nitrogens with one attached hydrogen (secondary N) is 2. The SMILES string of the molecule is CN1C[C@H](NC(=O)NCCc2cccs2)CC1=O. The Labute approximate surface area is 110 Å². The van der Waals surface area contributed by atoms with Crippen LogP contribution in [0.15, 0.2) is 17.5 Å². The van der Waals surface area contributed by atoms with Crippen LogP contribution in [0.5, 0.6) is 0 Å². The Hall–Kier alpha value is -1.56. The minimum absolute atomic E-state index is 0.0655. The van der Waals surface area contributed by atoms with Crippen LogP contribution in [0.25, 0.3) is 0 Å². The van der Waals surface area contributed by atoms with Gasteiger partial charge in [0.05, 0.1) is 6.04 Å². The predicted octanol–water partition coefficient (Wildman–Crippen LogP) is 0.820. The van der Waals surface area contributed by atoms with E-state index in [-0.39, 0.29) is 18.0 Å². The van der Waals surface area contributed by atoms with Crippen LogP contribution in [-0.4, -0.2) is 43.0 Å². The van der Waals surface area contributed by atoms with Gasteiger partial charge in [0.15, 0.2) is 0 Å². The largest absolute Gasteiger partial charge is 0.344 e. The average molecular weight is 267 g/mol. The molecular weight excluding hydrogens is 250 g/mol. The Balaban J connectivity index is 1.65. The fraction of sp³-hybridized carbons (Fsp3) is 0.500. The van der Waals surface area contributed by atoms with Crippen LogP contribution in [0.2, 0.25) is 0 Å². The minimum Gasteiger partial charge on any atom is -0.344 e. The summed E-state index contributed by atoms with van der Waals surface area (Å²) in [5.74, 6) is 0.0823. The third-order valence-corrected chi connectivity index (χ3v) is 3.85. The van der Waals surface area contributed by atoms with Gasteiger partial charge in [-0.1, -0.05) is 6.07 Å². The van der Waals surface area contributed by atoms with E-state index in [4.69, 9.17) is 0 Å². The number of likely N-dealkylation sites (N-methyl/N-ethyl adjacent to an activating group) is 1. The highest BCUT2D eigenvalue weighted by Gasteiger charge is 2.27. The molecule has 0 unspecified atom stereocenters. The van der Waals surface area contributed by atoms with Crippen molar-refractivity contribution in [3.05, 3.63) is 22.4 Å². The number of nitrogens with zero attached hydrogens (tertiary/aromatic N) is 1. The van der Waals surface area contributed by atoms with E-state index < -0.39 is 0 Å². The first-order valence-corrected chi connectivity index (χ1v) is 6.84. The Morgan fingerprint density at radius 3 is 3.06 bits per heavy atom. The molecule has 98 valence electrons. The maximum absolute atomic E-state index is 11.6. The van der Waals surface area contributed by atoms with Crippen LogP contribution < -0.4 is 10.6 Å². The number of hydrogen-bond donors (Lipinski definition) is 2. The van der Waals surface area contributed by atoms with Crippen molar-refractivity contribution in [2.75, 3.05) is 20.1 Å². The second-order valence-electron chi connectivity index (χ2n) is 4.40. The molecule has 0 aromatic carbocycles. The van der Waals surface area contributed by atoms with E-state index >= 15 is 0 Å². The third-order valence-electron chi connectivity index (χ3n) is 2.91. The number of hydrogen-bond acceptors (Lipinski definition) is 3. The van der Waals surface area contributed by atoms with Gasteiger partial charge in [-0.3, -0.25) is 4.79 Å². The molecule has 1 aromatic heterocycles.